The molecule has 1 aliphatic rings. The highest BCUT2D eigenvalue weighted by atomic mass is 19.4. The molecule has 1 saturated heterocycles. The van der Waals surface area contributed by atoms with Crippen molar-refractivity contribution in [2.24, 2.45) is 0 Å². The van der Waals surface area contributed by atoms with Crippen LogP contribution in [0.3, 0.4) is 0 Å². The second kappa shape index (κ2) is 5.48. The van der Waals surface area contributed by atoms with E-state index in [-0.39, 0.29) is 18.5 Å². The molecule has 0 radical (unpaired) electrons. The molecule has 0 aromatic heterocycles. The number of hydrogen-bond donors (Lipinski definition) is 0. The quantitative estimate of drug-likeness (QED) is 0.779. The van der Waals surface area contributed by atoms with Gasteiger partial charge in [0.2, 0.25) is 5.91 Å². The maximum absolute atomic E-state index is 12.7. The third-order valence-corrected chi connectivity index (χ3v) is 3.86. The molecule has 0 saturated carbocycles. The van der Waals surface area contributed by atoms with Gasteiger partial charge in [0.05, 0.1) is 18.0 Å². The van der Waals surface area contributed by atoms with Crippen LogP contribution in [0.15, 0.2) is 54.6 Å². The van der Waals surface area contributed by atoms with E-state index >= 15 is 0 Å². The standard InChI is InChI=1S/C17H14F3NO/c18-17(19,20)14-8-4-5-12(9-14)11-21-15(10-16(21)22)13-6-2-1-3-7-13/h1-9,15H,10-11H2. The van der Waals surface area contributed by atoms with Crippen LogP contribution in [0.5, 0.6) is 0 Å². The molecule has 2 aromatic rings. The number of halogens is 3. The summed E-state index contributed by atoms with van der Waals surface area (Å²) in [7, 11) is 0. The van der Waals surface area contributed by atoms with Gasteiger partial charge in [-0.2, -0.15) is 13.2 Å². The van der Waals surface area contributed by atoms with Crippen molar-refractivity contribution in [2.75, 3.05) is 0 Å². The third-order valence-electron chi connectivity index (χ3n) is 3.86. The Morgan fingerprint density at radius 2 is 1.77 bits per heavy atom. The van der Waals surface area contributed by atoms with Gasteiger partial charge in [-0.3, -0.25) is 4.79 Å². The fraction of sp³-hybridized carbons (Fsp3) is 0.235. The van der Waals surface area contributed by atoms with Crippen LogP contribution >= 0.6 is 0 Å². The predicted octanol–water partition coefficient (Wildman–Crippen LogP) is 4.18. The highest BCUT2D eigenvalue weighted by Gasteiger charge is 2.37. The maximum atomic E-state index is 12.7. The number of carbonyl (C=O) groups is 1. The molecule has 1 unspecified atom stereocenters. The van der Waals surface area contributed by atoms with Crippen molar-refractivity contribution in [1.82, 2.24) is 4.90 Å². The Hall–Kier alpha value is -2.30. The number of β-lactam (4-membered cyclic amide) rings is 1. The molecule has 5 heteroatoms. The summed E-state index contributed by atoms with van der Waals surface area (Å²) in [4.78, 5) is 13.4. The van der Waals surface area contributed by atoms with Gasteiger partial charge < -0.3 is 4.90 Å². The number of nitrogens with zero attached hydrogens (tertiary/aromatic N) is 1. The van der Waals surface area contributed by atoms with E-state index in [0.717, 1.165) is 17.7 Å². The van der Waals surface area contributed by atoms with Gasteiger partial charge in [0.25, 0.3) is 0 Å². The SMILES string of the molecule is O=C1CC(c2ccccc2)N1Cc1cccc(C(F)(F)F)c1. The van der Waals surface area contributed by atoms with Crippen molar-refractivity contribution >= 4 is 5.91 Å². The van der Waals surface area contributed by atoms with E-state index in [4.69, 9.17) is 0 Å². The minimum Gasteiger partial charge on any atom is -0.331 e. The van der Waals surface area contributed by atoms with Crippen LogP contribution in [0.1, 0.15) is 29.2 Å². The van der Waals surface area contributed by atoms with E-state index in [0.29, 0.717) is 12.0 Å². The second-order valence-electron chi connectivity index (χ2n) is 5.35. The molecule has 0 spiro atoms. The Labute approximate surface area is 126 Å². The molecule has 0 N–H and O–H groups in total. The van der Waals surface area contributed by atoms with Gasteiger partial charge in [-0.25, -0.2) is 0 Å². The van der Waals surface area contributed by atoms with Gasteiger partial charge in [0.15, 0.2) is 0 Å². The first-order valence-corrected chi connectivity index (χ1v) is 6.96. The average molecular weight is 305 g/mol. The summed E-state index contributed by atoms with van der Waals surface area (Å²) in [6.07, 6.45) is -3.96. The number of hydrogen-bond acceptors (Lipinski definition) is 1. The molecule has 1 fully saturated rings. The van der Waals surface area contributed by atoms with Crippen LogP contribution in [-0.2, 0) is 17.5 Å². The molecule has 1 atom stereocenters. The van der Waals surface area contributed by atoms with E-state index < -0.39 is 11.7 Å². The maximum Gasteiger partial charge on any atom is 0.416 e. The van der Waals surface area contributed by atoms with Crippen molar-refractivity contribution in [1.29, 1.82) is 0 Å². The Bertz CT molecular complexity index is 682. The molecule has 114 valence electrons. The van der Waals surface area contributed by atoms with E-state index in [1.54, 1.807) is 11.0 Å². The fourth-order valence-electron chi connectivity index (χ4n) is 2.67. The first-order valence-electron chi connectivity index (χ1n) is 6.96. The lowest BCUT2D eigenvalue weighted by molar-refractivity contribution is -0.147. The van der Waals surface area contributed by atoms with E-state index in [9.17, 15) is 18.0 Å². The Balaban J connectivity index is 1.79. The summed E-state index contributed by atoms with van der Waals surface area (Å²) >= 11 is 0. The minimum atomic E-state index is -4.37. The first-order chi connectivity index (χ1) is 10.4. The Morgan fingerprint density at radius 3 is 2.41 bits per heavy atom. The third kappa shape index (κ3) is 2.84. The lowest BCUT2D eigenvalue weighted by Crippen LogP contribution is -2.45. The zero-order chi connectivity index (χ0) is 15.7. The molecule has 0 bridgehead atoms. The monoisotopic (exact) mass is 305 g/mol. The number of likely N-dealkylation sites (tertiary alicyclic amines) is 1. The molecule has 22 heavy (non-hydrogen) atoms. The van der Waals surface area contributed by atoms with Crippen molar-refractivity contribution in [2.45, 2.75) is 25.2 Å². The van der Waals surface area contributed by atoms with E-state index in [1.807, 2.05) is 30.3 Å². The molecule has 2 nitrogen and oxygen atoms in total. The van der Waals surface area contributed by atoms with Crippen LogP contribution in [0, 0.1) is 0 Å². The Kier molecular flexibility index (Phi) is 3.64. The molecule has 2 aromatic carbocycles. The van der Waals surface area contributed by atoms with Crippen molar-refractivity contribution in [3.8, 4) is 0 Å². The summed E-state index contributed by atoms with van der Waals surface area (Å²) in [5.74, 6) is -0.0359. The van der Waals surface area contributed by atoms with Crippen LogP contribution in [0.2, 0.25) is 0 Å². The highest BCUT2D eigenvalue weighted by Crippen LogP contribution is 2.36. The van der Waals surface area contributed by atoms with E-state index in [1.165, 1.54) is 6.07 Å². The van der Waals surface area contributed by atoms with Crippen molar-refractivity contribution in [3.63, 3.8) is 0 Å². The molecule has 1 aliphatic heterocycles. The summed E-state index contributed by atoms with van der Waals surface area (Å²) in [6.45, 7) is 0.197. The van der Waals surface area contributed by atoms with E-state index in [2.05, 4.69) is 0 Å². The fourth-order valence-corrected chi connectivity index (χ4v) is 2.67. The summed E-state index contributed by atoms with van der Waals surface area (Å²) in [5, 5.41) is 0. The predicted molar refractivity (Wildman–Crippen MR) is 75.8 cm³/mol. The normalized spacial score (nSPS) is 18.2. The topological polar surface area (TPSA) is 20.3 Å². The summed E-state index contributed by atoms with van der Waals surface area (Å²) < 4.78 is 38.2. The lowest BCUT2D eigenvalue weighted by Gasteiger charge is -2.41. The molecule has 1 amide bonds. The zero-order valence-corrected chi connectivity index (χ0v) is 11.7. The molecule has 0 aliphatic carbocycles. The van der Waals surface area contributed by atoms with Crippen LogP contribution in [0.25, 0.3) is 0 Å². The summed E-state index contributed by atoms with van der Waals surface area (Å²) in [6, 6.07) is 14.6. The summed E-state index contributed by atoms with van der Waals surface area (Å²) in [5.41, 5.74) is 0.812. The molecule has 1 heterocycles. The second-order valence-corrected chi connectivity index (χ2v) is 5.35. The molecule has 3 rings (SSSR count). The zero-order valence-electron chi connectivity index (χ0n) is 11.7. The van der Waals surface area contributed by atoms with Crippen molar-refractivity contribution in [3.05, 3.63) is 71.3 Å². The van der Waals surface area contributed by atoms with Gasteiger partial charge in [0, 0.05) is 6.54 Å². The average Bonchev–Trinajstić information content (AvgIpc) is 2.50. The van der Waals surface area contributed by atoms with Crippen LogP contribution in [-0.4, -0.2) is 10.8 Å². The van der Waals surface area contributed by atoms with Crippen LogP contribution in [0.4, 0.5) is 13.2 Å². The highest BCUT2D eigenvalue weighted by molar-refractivity contribution is 5.83. The number of alkyl halides is 3. The first kappa shape index (κ1) is 14.6. The Morgan fingerprint density at radius 1 is 1.05 bits per heavy atom. The molecular formula is C17H14F3NO. The van der Waals surface area contributed by atoms with Crippen LogP contribution < -0.4 is 0 Å². The number of amides is 1. The largest absolute Gasteiger partial charge is 0.416 e. The van der Waals surface area contributed by atoms with Gasteiger partial charge >= 0.3 is 6.18 Å². The minimum absolute atomic E-state index is 0.0359. The van der Waals surface area contributed by atoms with Crippen molar-refractivity contribution < 1.29 is 18.0 Å². The lowest BCUT2D eigenvalue weighted by atomic mass is 9.93. The van der Waals surface area contributed by atoms with Gasteiger partial charge in [-0.1, -0.05) is 42.5 Å². The number of carbonyl (C=O) groups excluding carboxylic acids is 1. The van der Waals surface area contributed by atoms with Gasteiger partial charge in [0.1, 0.15) is 0 Å². The van der Waals surface area contributed by atoms with Gasteiger partial charge in [-0.15, -0.1) is 0 Å². The molecular weight excluding hydrogens is 291 g/mol. The smallest absolute Gasteiger partial charge is 0.331 e. The number of rotatable bonds is 3. The number of benzene rings is 2. The van der Waals surface area contributed by atoms with Gasteiger partial charge in [-0.05, 0) is 23.3 Å².